The molecule has 1 aliphatic rings. The van der Waals surface area contributed by atoms with Crippen LogP contribution in [0.4, 0.5) is 5.69 Å². The number of hydrogen-bond donors (Lipinski definition) is 1. The van der Waals surface area contributed by atoms with Crippen LogP contribution in [0.2, 0.25) is 0 Å². The molecule has 1 aromatic rings. The number of thioether (sulfide) groups is 1. The largest absolute Gasteiger partial charge is 0.384 e. The van der Waals surface area contributed by atoms with E-state index >= 15 is 0 Å². The molecule has 2 rings (SSSR count). The van der Waals surface area contributed by atoms with Crippen molar-refractivity contribution < 1.29 is 8.42 Å². The summed E-state index contributed by atoms with van der Waals surface area (Å²) in [5.41, 5.74) is 0.646. The van der Waals surface area contributed by atoms with Crippen LogP contribution in [0, 0.1) is 0 Å². The highest BCUT2D eigenvalue weighted by Gasteiger charge is 2.30. The van der Waals surface area contributed by atoms with Gasteiger partial charge < -0.3 is 5.32 Å². The zero-order chi connectivity index (χ0) is 14.6. The Labute approximate surface area is 125 Å². The van der Waals surface area contributed by atoms with Crippen molar-refractivity contribution in [3.8, 4) is 0 Å². The zero-order valence-electron chi connectivity index (χ0n) is 11.9. The Morgan fingerprint density at radius 1 is 1.55 bits per heavy atom. The highest BCUT2D eigenvalue weighted by Crippen LogP contribution is 2.27. The summed E-state index contributed by atoms with van der Waals surface area (Å²) >= 11 is 1.81. The van der Waals surface area contributed by atoms with E-state index in [-0.39, 0.29) is 4.90 Å². The zero-order valence-corrected chi connectivity index (χ0v) is 13.5. The number of anilines is 1. The van der Waals surface area contributed by atoms with E-state index in [1.807, 2.05) is 18.7 Å². The summed E-state index contributed by atoms with van der Waals surface area (Å²) < 4.78 is 27.1. The number of hydrogen-bond acceptors (Lipinski definition) is 5. The van der Waals surface area contributed by atoms with Gasteiger partial charge in [-0.05, 0) is 12.5 Å². The average Bonchev–Trinajstić information content (AvgIpc) is 2.45. The molecule has 0 bridgehead atoms. The van der Waals surface area contributed by atoms with Crippen molar-refractivity contribution in [3.63, 3.8) is 0 Å². The quantitative estimate of drug-likeness (QED) is 0.901. The van der Waals surface area contributed by atoms with Crippen molar-refractivity contribution in [2.75, 3.05) is 30.7 Å². The van der Waals surface area contributed by atoms with E-state index in [2.05, 4.69) is 17.2 Å². The third-order valence-corrected chi connectivity index (χ3v) is 6.20. The summed E-state index contributed by atoms with van der Waals surface area (Å²) in [6, 6.07) is 1.73. The number of nitrogens with zero attached hydrogens (tertiary/aromatic N) is 2. The van der Waals surface area contributed by atoms with Crippen LogP contribution < -0.4 is 5.32 Å². The van der Waals surface area contributed by atoms with E-state index in [0.717, 1.165) is 18.7 Å². The molecule has 0 spiro atoms. The predicted molar refractivity (Wildman–Crippen MR) is 83.7 cm³/mol. The smallest absolute Gasteiger partial charge is 0.246 e. The molecule has 5 nitrogen and oxygen atoms in total. The first kappa shape index (κ1) is 15.6. The van der Waals surface area contributed by atoms with E-state index in [0.29, 0.717) is 24.0 Å². The summed E-state index contributed by atoms with van der Waals surface area (Å²) in [6.45, 7) is 5.99. The fourth-order valence-corrected chi connectivity index (χ4v) is 5.00. The molecular formula is C13H21N3O2S2. The third-order valence-electron chi connectivity index (χ3n) is 3.17. The molecule has 0 aliphatic carbocycles. The minimum Gasteiger partial charge on any atom is -0.384 e. The molecule has 1 aromatic heterocycles. The van der Waals surface area contributed by atoms with Gasteiger partial charge in [-0.25, -0.2) is 8.42 Å². The number of aromatic nitrogens is 1. The molecular weight excluding hydrogens is 294 g/mol. The van der Waals surface area contributed by atoms with Gasteiger partial charge in [0.25, 0.3) is 0 Å². The molecule has 7 heteroatoms. The van der Waals surface area contributed by atoms with Gasteiger partial charge in [0.05, 0.1) is 5.69 Å². The molecule has 1 N–H and O–H groups in total. The first-order chi connectivity index (χ1) is 9.55. The Morgan fingerprint density at radius 3 is 3.05 bits per heavy atom. The predicted octanol–water partition coefficient (Wildman–Crippen LogP) is 2.03. The number of rotatable bonds is 5. The van der Waals surface area contributed by atoms with Crippen molar-refractivity contribution >= 4 is 27.5 Å². The molecule has 0 amide bonds. The minimum atomic E-state index is -3.46. The van der Waals surface area contributed by atoms with Crippen LogP contribution in [-0.4, -0.2) is 48.3 Å². The lowest BCUT2D eigenvalue weighted by atomic mass is 10.4. The summed E-state index contributed by atoms with van der Waals surface area (Å²) in [6.07, 6.45) is 4.00. The van der Waals surface area contributed by atoms with Crippen LogP contribution in [0.5, 0.6) is 0 Å². The SMILES string of the molecule is CCCNc1ccncc1S(=O)(=O)N1CCSC(C)C1. The normalized spacial score (nSPS) is 20.8. The molecule has 1 atom stereocenters. The molecule has 1 aliphatic heterocycles. The van der Waals surface area contributed by atoms with Crippen LogP contribution in [0.15, 0.2) is 23.4 Å². The molecule has 1 unspecified atom stereocenters. The number of nitrogens with one attached hydrogen (secondary N) is 1. The molecule has 112 valence electrons. The van der Waals surface area contributed by atoms with Gasteiger partial charge in [-0.2, -0.15) is 16.1 Å². The van der Waals surface area contributed by atoms with Crippen LogP contribution >= 0.6 is 11.8 Å². The molecule has 0 saturated carbocycles. The van der Waals surface area contributed by atoms with Crippen molar-refractivity contribution in [2.45, 2.75) is 30.4 Å². The van der Waals surface area contributed by atoms with Gasteiger partial charge in [0.2, 0.25) is 10.0 Å². The molecule has 0 aromatic carbocycles. The second-order valence-electron chi connectivity index (χ2n) is 4.84. The maximum absolute atomic E-state index is 12.8. The maximum Gasteiger partial charge on any atom is 0.246 e. The van der Waals surface area contributed by atoms with E-state index in [9.17, 15) is 8.42 Å². The number of sulfonamides is 1. The highest BCUT2D eigenvalue weighted by molar-refractivity contribution is 8.00. The Bertz CT molecular complexity index is 548. The number of pyridine rings is 1. The first-order valence-corrected chi connectivity index (χ1v) is 9.34. The highest BCUT2D eigenvalue weighted by atomic mass is 32.2. The third kappa shape index (κ3) is 3.45. The monoisotopic (exact) mass is 315 g/mol. The van der Waals surface area contributed by atoms with Gasteiger partial charge in [0.1, 0.15) is 4.90 Å². The van der Waals surface area contributed by atoms with Crippen molar-refractivity contribution in [1.29, 1.82) is 0 Å². The lowest BCUT2D eigenvalue weighted by molar-refractivity contribution is 0.424. The van der Waals surface area contributed by atoms with Crippen molar-refractivity contribution in [1.82, 2.24) is 9.29 Å². The van der Waals surface area contributed by atoms with E-state index in [1.165, 1.54) is 6.20 Å². The molecule has 0 radical (unpaired) electrons. The summed E-state index contributed by atoms with van der Waals surface area (Å²) in [5, 5.41) is 3.50. The Balaban J connectivity index is 2.29. The average molecular weight is 315 g/mol. The van der Waals surface area contributed by atoms with E-state index in [1.54, 1.807) is 16.6 Å². The van der Waals surface area contributed by atoms with Gasteiger partial charge in [-0.1, -0.05) is 13.8 Å². The Hall–Kier alpha value is -0.790. The van der Waals surface area contributed by atoms with Gasteiger partial charge >= 0.3 is 0 Å². The fraction of sp³-hybridized carbons (Fsp3) is 0.615. The fourth-order valence-electron chi connectivity index (χ4n) is 2.14. The Morgan fingerprint density at radius 2 is 2.35 bits per heavy atom. The van der Waals surface area contributed by atoms with Gasteiger partial charge in [0.15, 0.2) is 0 Å². The second-order valence-corrected chi connectivity index (χ2v) is 8.30. The molecule has 2 heterocycles. The van der Waals surface area contributed by atoms with E-state index in [4.69, 9.17) is 0 Å². The molecule has 1 saturated heterocycles. The maximum atomic E-state index is 12.8. The van der Waals surface area contributed by atoms with Gasteiger partial charge in [-0.3, -0.25) is 4.98 Å². The van der Waals surface area contributed by atoms with Crippen molar-refractivity contribution in [2.24, 2.45) is 0 Å². The Kier molecular flexibility index (Phi) is 5.29. The van der Waals surface area contributed by atoms with Gasteiger partial charge in [-0.15, -0.1) is 0 Å². The van der Waals surface area contributed by atoms with Gasteiger partial charge in [0, 0.05) is 43.0 Å². The summed E-state index contributed by atoms with van der Waals surface area (Å²) in [4.78, 5) is 4.27. The molecule has 1 fully saturated rings. The topological polar surface area (TPSA) is 62.3 Å². The van der Waals surface area contributed by atoms with Crippen LogP contribution in [0.3, 0.4) is 0 Å². The van der Waals surface area contributed by atoms with Crippen molar-refractivity contribution in [3.05, 3.63) is 18.5 Å². The standard InChI is InChI=1S/C13H21N3O2S2/c1-3-5-15-12-4-6-14-9-13(12)20(17,18)16-7-8-19-11(2)10-16/h4,6,9,11H,3,5,7-8,10H2,1-2H3,(H,14,15). The molecule has 20 heavy (non-hydrogen) atoms. The first-order valence-electron chi connectivity index (χ1n) is 6.85. The minimum absolute atomic E-state index is 0.285. The van der Waals surface area contributed by atoms with Crippen LogP contribution in [0.25, 0.3) is 0 Å². The second kappa shape index (κ2) is 6.78. The lowest BCUT2D eigenvalue weighted by Gasteiger charge is -2.30. The van der Waals surface area contributed by atoms with Crippen LogP contribution in [-0.2, 0) is 10.0 Å². The lowest BCUT2D eigenvalue weighted by Crippen LogP contribution is -2.41. The summed E-state index contributed by atoms with van der Waals surface area (Å²) in [5.74, 6) is 0.846. The summed E-state index contributed by atoms with van der Waals surface area (Å²) in [7, 11) is -3.46. The van der Waals surface area contributed by atoms with E-state index < -0.39 is 10.0 Å². The van der Waals surface area contributed by atoms with Crippen LogP contribution in [0.1, 0.15) is 20.3 Å².